The molecule has 0 aliphatic heterocycles. The first-order valence-corrected chi connectivity index (χ1v) is 4.91. The number of Topliss-reactive ketones (excluding diaryl/α,β-unsaturated/α-hetero) is 1. The van der Waals surface area contributed by atoms with Gasteiger partial charge in [0.2, 0.25) is 0 Å². The maximum absolute atomic E-state index is 11.7. The number of hydrogen-bond acceptors (Lipinski definition) is 3. The highest BCUT2D eigenvalue weighted by Crippen LogP contribution is 2.32. The van der Waals surface area contributed by atoms with E-state index in [2.05, 4.69) is 12.4 Å². The van der Waals surface area contributed by atoms with Gasteiger partial charge in [0.25, 0.3) is 0 Å². The molecule has 1 fully saturated rings. The first-order chi connectivity index (χ1) is 5.97. The summed E-state index contributed by atoms with van der Waals surface area (Å²) in [6, 6.07) is 0. The summed E-state index contributed by atoms with van der Waals surface area (Å²) in [5.74, 6) is 0.761. The van der Waals surface area contributed by atoms with Crippen molar-refractivity contribution in [2.75, 3.05) is 0 Å². The van der Waals surface area contributed by atoms with E-state index in [4.69, 9.17) is 5.21 Å². The Labute approximate surface area is 79.5 Å². The Hall–Kier alpha value is -0.410. The van der Waals surface area contributed by atoms with Crippen molar-refractivity contribution < 1.29 is 10.0 Å². The molecular weight excluding hydrogens is 166 g/mol. The van der Waals surface area contributed by atoms with E-state index in [1.54, 1.807) is 0 Å². The Kier molecular flexibility index (Phi) is 3.09. The van der Waals surface area contributed by atoms with E-state index in [1.807, 2.05) is 13.8 Å². The van der Waals surface area contributed by atoms with Gasteiger partial charge in [-0.2, -0.15) is 5.48 Å². The summed E-state index contributed by atoms with van der Waals surface area (Å²) in [6.45, 7) is 5.84. The van der Waals surface area contributed by atoms with Crippen LogP contribution in [0.1, 0.15) is 40.0 Å². The van der Waals surface area contributed by atoms with Crippen molar-refractivity contribution in [1.82, 2.24) is 5.48 Å². The molecule has 2 atom stereocenters. The van der Waals surface area contributed by atoms with Crippen molar-refractivity contribution in [2.24, 2.45) is 11.8 Å². The molecule has 3 nitrogen and oxygen atoms in total. The normalized spacial score (nSPS) is 30.6. The zero-order valence-electron chi connectivity index (χ0n) is 8.63. The molecular formula is C10H19NO2. The van der Waals surface area contributed by atoms with Crippen LogP contribution in [0.2, 0.25) is 0 Å². The minimum absolute atomic E-state index is 0.0336. The second kappa shape index (κ2) is 3.76. The molecule has 1 rings (SSSR count). The van der Waals surface area contributed by atoms with Crippen LogP contribution in [0.3, 0.4) is 0 Å². The fourth-order valence-electron chi connectivity index (χ4n) is 2.04. The van der Waals surface area contributed by atoms with E-state index in [1.165, 1.54) is 0 Å². The van der Waals surface area contributed by atoms with Crippen LogP contribution in [0.25, 0.3) is 0 Å². The molecule has 0 radical (unpaired) electrons. The molecule has 1 aliphatic carbocycles. The predicted octanol–water partition coefficient (Wildman–Crippen LogP) is 1.75. The second-order valence-corrected chi connectivity index (χ2v) is 4.74. The highest BCUT2D eigenvalue weighted by atomic mass is 16.5. The van der Waals surface area contributed by atoms with Crippen molar-refractivity contribution in [1.29, 1.82) is 0 Å². The van der Waals surface area contributed by atoms with Gasteiger partial charge in [0.15, 0.2) is 0 Å². The minimum atomic E-state index is -0.475. The third-order valence-corrected chi connectivity index (χ3v) is 3.05. The molecule has 13 heavy (non-hydrogen) atoms. The van der Waals surface area contributed by atoms with Gasteiger partial charge in [-0.3, -0.25) is 4.79 Å². The second-order valence-electron chi connectivity index (χ2n) is 4.74. The number of carbonyl (C=O) groups excluding carboxylic acids is 1. The molecule has 3 heteroatoms. The molecule has 0 amide bonds. The summed E-state index contributed by atoms with van der Waals surface area (Å²) in [6.07, 6.45) is 2.64. The van der Waals surface area contributed by atoms with E-state index in [0.717, 1.165) is 12.8 Å². The Morgan fingerprint density at radius 3 is 2.54 bits per heavy atom. The molecule has 2 N–H and O–H groups in total. The van der Waals surface area contributed by atoms with Gasteiger partial charge in [-0.1, -0.05) is 6.92 Å². The number of nitrogens with one attached hydrogen (secondary N) is 1. The third-order valence-electron chi connectivity index (χ3n) is 3.05. The van der Waals surface area contributed by atoms with Crippen LogP contribution in [0.4, 0.5) is 0 Å². The maximum Gasteiger partial charge on any atom is 0.138 e. The van der Waals surface area contributed by atoms with Crippen LogP contribution in [0.5, 0.6) is 0 Å². The topological polar surface area (TPSA) is 49.3 Å². The van der Waals surface area contributed by atoms with Crippen molar-refractivity contribution in [3.8, 4) is 0 Å². The van der Waals surface area contributed by atoms with Crippen LogP contribution >= 0.6 is 0 Å². The summed E-state index contributed by atoms with van der Waals surface area (Å²) in [4.78, 5) is 11.7. The molecule has 0 spiro atoms. The summed E-state index contributed by atoms with van der Waals surface area (Å²) < 4.78 is 0. The van der Waals surface area contributed by atoms with Crippen LogP contribution in [0, 0.1) is 11.8 Å². The lowest BCUT2D eigenvalue weighted by Crippen LogP contribution is -2.49. The number of hydrogen-bond donors (Lipinski definition) is 2. The minimum Gasteiger partial charge on any atom is -0.316 e. The van der Waals surface area contributed by atoms with Crippen molar-refractivity contribution in [2.45, 2.75) is 45.6 Å². The number of rotatable bonds is 2. The van der Waals surface area contributed by atoms with E-state index >= 15 is 0 Å². The first kappa shape index (κ1) is 10.7. The van der Waals surface area contributed by atoms with E-state index in [-0.39, 0.29) is 11.7 Å². The SMILES string of the molecule is C[C@@H]1CC[C@H](C(C)(C)NO)C(=O)C1. The summed E-state index contributed by atoms with van der Waals surface area (Å²) in [5, 5.41) is 8.93. The van der Waals surface area contributed by atoms with Gasteiger partial charge < -0.3 is 5.21 Å². The van der Waals surface area contributed by atoms with E-state index in [0.29, 0.717) is 12.3 Å². The lowest BCUT2D eigenvalue weighted by atomic mass is 9.73. The lowest BCUT2D eigenvalue weighted by molar-refractivity contribution is -0.130. The lowest BCUT2D eigenvalue weighted by Gasteiger charge is -2.36. The monoisotopic (exact) mass is 185 g/mol. The van der Waals surface area contributed by atoms with Gasteiger partial charge in [0.1, 0.15) is 5.78 Å². The van der Waals surface area contributed by atoms with Crippen molar-refractivity contribution >= 4 is 5.78 Å². The van der Waals surface area contributed by atoms with Crippen LogP contribution in [-0.4, -0.2) is 16.5 Å². The van der Waals surface area contributed by atoms with Crippen LogP contribution in [-0.2, 0) is 4.79 Å². The maximum atomic E-state index is 11.7. The first-order valence-electron chi connectivity index (χ1n) is 4.91. The van der Waals surface area contributed by atoms with Gasteiger partial charge in [0.05, 0.1) is 0 Å². The standard InChI is InChI=1S/C10H19NO2/c1-7-4-5-8(9(12)6-7)10(2,3)11-13/h7-8,11,13H,4-6H2,1-3H3/t7-,8+/m1/s1. The van der Waals surface area contributed by atoms with Crippen molar-refractivity contribution in [3.63, 3.8) is 0 Å². The summed E-state index contributed by atoms with van der Waals surface area (Å²) in [5.41, 5.74) is 1.76. The zero-order chi connectivity index (χ0) is 10.1. The van der Waals surface area contributed by atoms with Crippen LogP contribution < -0.4 is 5.48 Å². The van der Waals surface area contributed by atoms with Gasteiger partial charge in [-0.15, -0.1) is 0 Å². The van der Waals surface area contributed by atoms with Crippen molar-refractivity contribution in [3.05, 3.63) is 0 Å². The molecule has 0 heterocycles. The molecule has 0 unspecified atom stereocenters. The number of ketones is 1. The Balaban J connectivity index is 2.66. The van der Waals surface area contributed by atoms with E-state index < -0.39 is 5.54 Å². The summed E-state index contributed by atoms with van der Waals surface area (Å²) in [7, 11) is 0. The van der Waals surface area contributed by atoms with Gasteiger partial charge in [-0.05, 0) is 32.6 Å². The average Bonchev–Trinajstić information content (AvgIpc) is 2.03. The highest BCUT2D eigenvalue weighted by Gasteiger charge is 2.37. The summed E-state index contributed by atoms with van der Waals surface area (Å²) >= 11 is 0. The highest BCUT2D eigenvalue weighted by molar-refractivity contribution is 5.83. The van der Waals surface area contributed by atoms with Crippen LogP contribution in [0.15, 0.2) is 0 Å². The molecule has 1 aliphatic rings. The number of carbonyl (C=O) groups is 1. The molecule has 0 saturated heterocycles. The molecule has 1 saturated carbocycles. The Morgan fingerprint density at radius 2 is 2.08 bits per heavy atom. The molecule has 0 aromatic carbocycles. The van der Waals surface area contributed by atoms with Gasteiger partial charge in [-0.25, -0.2) is 0 Å². The fraction of sp³-hybridized carbons (Fsp3) is 0.900. The van der Waals surface area contributed by atoms with Gasteiger partial charge >= 0.3 is 0 Å². The molecule has 0 aromatic heterocycles. The predicted molar refractivity (Wildman–Crippen MR) is 50.5 cm³/mol. The quantitative estimate of drug-likeness (QED) is 0.644. The number of hydroxylamine groups is 1. The largest absolute Gasteiger partial charge is 0.316 e. The third kappa shape index (κ3) is 2.29. The fourth-order valence-corrected chi connectivity index (χ4v) is 2.04. The average molecular weight is 185 g/mol. The molecule has 0 bridgehead atoms. The zero-order valence-corrected chi connectivity index (χ0v) is 8.63. The Morgan fingerprint density at radius 1 is 1.46 bits per heavy atom. The van der Waals surface area contributed by atoms with E-state index in [9.17, 15) is 4.79 Å². The molecule has 76 valence electrons. The Bertz CT molecular complexity index is 201. The van der Waals surface area contributed by atoms with Gasteiger partial charge in [0, 0.05) is 17.9 Å². The smallest absolute Gasteiger partial charge is 0.138 e. The molecule has 0 aromatic rings.